The number of rotatable bonds is 3. The minimum absolute atomic E-state index is 0.157. The molecule has 0 N–H and O–H groups in total. The maximum atomic E-state index is 13.5. The van der Waals surface area contributed by atoms with Crippen LogP contribution in [0.5, 0.6) is 0 Å². The predicted octanol–water partition coefficient (Wildman–Crippen LogP) is 4.87. The van der Waals surface area contributed by atoms with E-state index in [2.05, 4.69) is 34.7 Å². The van der Waals surface area contributed by atoms with E-state index in [4.69, 9.17) is 0 Å². The van der Waals surface area contributed by atoms with Gasteiger partial charge in [0.15, 0.2) is 0 Å². The number of allylic oxidation sites excluding steroid dienone is 6. The summed E-state index contributed by atoms with van der Waals surface area (Å²) in [6.07, 6.45) is 13.8. The van der Waals surface area contributed by atoms with Gasteiger partial charge in [-0.25, -0.2) is 4.39 Å². The van der Waals surface area contributed by atoms with Crippen molar-refractivity contribution in [2.24, 2.45) is 5.92 Å². The normalized spacial score (nSPS) is 20.2. The number of nitrogens with zero attached hydrogens (tertiary/aromatic N) is 3. The number of fused-ring (bicyclic) bond motifs is 1. The number of halogens is 1. The minimum atomic E-state index is -0.157. The summed E-state index contributed by atoms with van der Waals surface area (Å²) in [5.74, 6) is 2.58. The highest BCUT2D eigenvalue weighted by atomic mass is 19.1. The van der Waals surface area contributed by atoms with Crippen LogP contribution in [0.1, 0.15) is 63.5 Å². The summed E-state index contributed by atoms with van der Waals surface area (Å²) in [4.78, 5) is 0. The van der Waals surface area contributed by atoms with Gasteiger partial charge < -0.3 is 4.57 Å². The zero-order valence-electron chi connectivity index (χ0n) is 14.1. The van der Waals surface area contributed by atoms with Crippen LogP contribution in [-0.4, -0.2) is 14.8 Å². The van der Waals surface area contributed by atoms with Gasteiger partial charge >= 0.3 is 0 Å². The van der Waals surface area contributed by atoms with Gasteiger partial charge in [0, 0.05) is 18.9 Å². The van der Waals surface area contributed by atoms with Crippen molar-refractivity contribution in [3.8, 4) is 0 Å². The Hall–Kier alpha value is -1.71. The molecule has 2 aliphatic rings. The Bertz CT molecular complexity index is 637. The third-order valence-electron chi connectivity index (χ3n) is 4.79. The van der Waals surface area contributed by atoms with E-state index in [9.17, 15) is 4.39 Å². The molecule has 1 aromatic heterocycles. The zero-order valence-corrected chi connectivity index (χ0v) is 14.1. The van der Waals surface area contributed by atoms with E-state index in [-0.39, 0.29) is 11.7 Å². The molecule has 0 fully saturated rings. The van der Waals surface area contributed by atoms with Crippen molar-refractivity contribution in [2.75, 3.05) is 0 Å². The van der Waals surface area contributed by atoms with Crippen LogP contribution in [0, 0.1) is 5.92 Å². The molecule has 1 aromatic rings. The highest BCUT2D eigenvalue weighted by Gasteiger charge is 2.27. The number of aromatic nitrogens is 3. The number of aryl methyl sites for hydroxylation is 1. The third kappa shape index (κ3) is 3.62. The van der Waals surface area contributed by atoms with Crippen LogP contribution in [0.2, 0.25) is 0 Å². The molecular weight excluding hydrogens is 289 g/mol. The molecule has 1 unspecified atom stereocenters. The van der Waals surface area contributed by atoms with Crippen molar-refractivity contribution in [1.82, 2.24) is 14.8 Å². The average Bonchev–Trinajstić information content (AvgIpc) is 2.72. The molecule has 124 valence electrons. The van der Waals surface area contributed by atoms with Gasteiger partial charge in [-0.3, -0.25) is 0 Å². The lowest BCUT2D eigenvalue weighted by molar-refractivity contribution is 0.467. The van der Waals surface area contributed by atoms with Crippen LogP contribution in [0.25, 0.3) is 0 Å². The molecule has 0 bridgehead atoms. The molecule has 4 heteroatoms. The van der Waals surface area contributed by atoms with Gasteiger partial charge in [-0.05, 0) is 42.9 Å². The SMILES string of the molecule is CC(C)C(C1=CCC=C(F)C=C1)c1nnc2n1CCCCCC2. The molecule has 1 atom stereocenters. The second-order valence-corrected chi connectivity index (χ2v) is 6.87. The van der Waals surface area contributed by atoms with E-state index in [1.54, 1.807) is 12.2 Å². The molecule has 0 amide bonds. The standard InChI is InChI=1S/C19H26FN3/c1-14(2)18(15-8-7-9-16(20)12-11-15)19-22-21-17-10-5-3-4-6-13-23(17)19/h8-9,11-12,14,18H,3-7,10,13H2,1-2H3. The Morgan fingerprint density at radius 3 is 2.70 bits per heavy atom. The third-order valence-corrected chi connectivity index (χ3v) is 4.79. The van der Waals surface area contributed by atoms with Crippen LogP contribution >= 0.6 is 0 Å². The van der Waals surface area contributed by atoms with Gasteiger partial charge in [0.25, 0.3) is 0 Å². The lowest BCUT2D eigenvalue weighted by atomic mass is 9.86. The molecule has 23 heavy (non-hydrogen) atoms. The average molecular weight is 315 g/mol. The predicted molar refractivity (Wildman–Crippen MR) is 90.8 cm³/mol. The zero-order chi connectivity index (χ0) is 16.2. The molecule has 0 radical (unpaired) electrons. The van der Waals surface area contributed by atoms with Gasteiger partial charge in [0.05, 0.1) is 0 Å². The number of hydrogen-bond donors (Lipinski definition) is 0. The summed E-state index contributed by atoms with van der Waals surface area (Å²) in [5.41, 5.74) is 1.15. The lowest BCUT2D eigenvalue weighted by Crippen LogP contribution is -2.18. The molecular formula is C19H26FN3. The van der Waals surface area contributed by atoms with Crippen LogP contribution in [0.4, 0.5) is 4.39 Å². The fraction of sp³-hybridized carbons (Fsp3) is 0.579. The Balaban J connectivity index is 1.96. The maximum absolute atomic E-state index is 13.5. The molecule has 1 aliphatic heterocycles. The van der Waals surface area contributed by atoms with Crippen LogP contribution in [-0.2, 0) is 13.0 Å². The van der Waals surface area contributed by atoms with Crippen molar-refractivity contribution in [1.29, 1.82) is 0 Å². The van der Waals surface area contributed by atoms with Gasteiger partial charge in [-0.2, -0.15) is 0 Å². The Morgan fingerprint density at radius 1 is 1.04 bits per heavy atom. The first kappa shape index (κ1) is 16.2. The summed E-state index contributed by atoms with van der Waals surface area (Å²) in [7, 11) is 0. The second-order valence-electron chi connectivity index (χ2n) is 6.87. The summed E-state index contributed by atoms with van der Waals surface area (Å²) in [5, 5.41) is 9.02. The molecule has 3 nitrogen and oxygen atoms in total. The summed E-state index contributed by atoms with van der Waals surface area (Å²) in [6, 6.07) is 0. The van der Waals surface area contributed by atoms with Crippen molar-refractivity contribution < 1.29 is 4.39 Å². The lowest BCUT2D eigenvalue weighted by Gasteiger charge is -2.23. The summed E-state index contributed by atoms with van der Waals surface area (Å²) >= 11 is 0. The maximum Gasteiger partial charge on any atom is 0.140 e. The minimum Gasteiger partial charge on any atom is -0.314 e. The second kappa shape index (κ2) is 7.24. The van der Waals surface area contributed by atoms with Gasteiger partial charge in [0.2, 0.25) is 0 Å². The quantitative estimate of drug-likeness (QED) is 0.796. The van der Waals surface area contributed by atoms with Crippen LogP contribution in [0.3, 0.4) is 0 Å². The molecule has 3 rings (SSSR count). The first-order chi connectivity index (χ1) is 11.2. The molecule has 0 saturated heterocycles. The summed E-state index contributed by atoms with van der Waals surface area (Å²) in [6.45, 7) is 5.42. The highest BCUT2D eigenvalue weighted by Crippen LogP contribution is 2.34. The van der Waals surface area contributed by atoms with E-state index < -0.39 is 0 Å². The van der Waals surface area contributed by atoms with E-state index >= 15 is 0 Å². The fourth-order valence-corrected chi connectivity index (χ4v) is 3.60. The monoisotopic (exact) mass is 315 g/mol. The van der Waals surface area contributed by atoms with Crippen molar-refractivity contribution in [2.45, 2.75) is 64.8 Å². The van der Waals surface area contributed by atoms with E-state index in [0.29, 0.717) is 12.3 Å². The largest absolute Gasteiger partial charge is 0.314 e. The Kier molecular flexibility index (Phi) is 5.09. The van der Waals surface area contributed by atoms with Gasteiger partial charge in [-0.15, -0.1) is 10.2 Å². The van der Waals surface area contributed by atoms with Crippen molar-refractivity contribution >= 4 is 0 Å². The van der Waals surface area contributed by atoms with Crippen molar-refractivity contribution in [3.05, 3.63) is 47.4 Å². The van der Waals surface area contributed by atoms with E-state index in [1.165, 1.54) is 25.7 Å². The fourth-order valence-electron chi connectivity index (χ4n) is 3.60. The first-order valence-corrected chi connectivity index (χ1v) is 8.82. The molecule has 0 saturated carbocycles. The molecule has 0 aromatic carbocycles. The van der Waals surface area contributed by atoms with E-state index in [1.807, 2.05) is 6.08 Å². The van der Waals surface area contributed by atoms with Crippen molar-refractivity contribution in [3.63, 3.8) is 0 Å². The van der Waals surface area contributed by atoms with E-state index in [0.717, 1.165) is 30.2 Å². The Morgan fingerprint density at radius 2 is 1.87 bits per heavy atom. The van der Waals surface area contributed by atoms with Gasteiger partial charge in [0.1, 0.15) is 17.5 Å². The first-order valence-electron chi connectivity index (χ1n) is 8.82. The smallest absolute Gasteiger partial charge is 0.140 e. The highest BCUT2D eigenvalue weighted by molar-refractivity contribution is 5.36. The topological polar surface area (TPSA) is 30.7 Å². The van der Waals surface area contributed by atoms with Crippen LogP contribution < -0.4 is 0 Å². The van der Waals surface area contributed by atoms with Crippen LogP contribution in [0.15, 0.2) is 35.7 Å². The molecule has 0 spiro atoms. The molecule has 1 aliphatic carbocycles. The number of hydrogen-bond acceptors (Lipinski definition) is 2. The summed E-state index contributed by atoms with van der Waals surface area (Å²) < 4.78 is 15.8. The van der Waals surface area contributed by atoms with Gasteiger partial charge in [-0.1, -0.05) is 38.8 Å². The Labute approximate surface area is 138 Å². The molecule has 2 heterocycles.